The number of benzene rings is 1. The zero-order chi connectivity index (χ0) is 9.68. The summed E-state index contributed by atoms with van der Waals surface area (Å²) in [4.78, 5) is 0. The van der Waals surface area contributed by atoms with Gasteiger partial charge in [0.2, 0.25) is 0 Å². The second-order valence-corrected chi connectivity index (χ2v) is 2.95. The zero-order valence-corrected chi connectivity index (χ0v) is 7.85. The Morgan fingerprint density at radius 1 is 1.46 bits per heavy atom. The quantitative estimate of drug-likeness (QED) is 0.762. The molecule has 0 fully saturated rings. The van der Waals surface area contributed by atoms with Gasteiger partial charge < -0.3 is 10.5 Å². The molecule has 72 valence electrons. The second kappa shape index (κ2) is 5.04. The molecule has 1 aromatic rings. The summed E-state index contributed by atoms with van der Waals surface area (Å²) in [5.41, 5.74) is 5.26. The Bertz CT molecular complexity index is 260. The summed E-state index contributed by atoms with van der Waals surface area (Å²) in [6, 6.07) is 4.43. The average Bonchev–Trinajstić information content (AvgIpc) is 2.10. The van der Waals surface area contributed by atoms with Crippen LogP contribution in [0.25, 0.3) is 0 Å². The van der Waals surface area contributed by atoms with Gasteiger partial charge in [-0.25, -0.2) is 4.39 Å². The summed E-state index contributed by atoms with van der Waals surface area (Å²) in [6.07, 6.45) is 0.685. The minimum Gasteiger partial charge on any atom is -0.489 e. The molecule has 0 aliphatic rings. The predicted molar refractivity (Wildman–Crippen MR) is 50.6 cm³/mol. The summed E-state index contributed by atoms with van der Waals surface area (Å²) in [7, 11) is 0. The van der Waals surface area contributed by atoms with Crippen molar-refractivity contribution in [1.29, 1.82) is 0 Å². The average molecular weight is 204 g/mol. The molecule has 0 aliphatic carbocycles. The van der Waals surface area contributed by atoms with Gasteiger partial charge in [0, 0.05) is 0 Å². The molecule has 0 saturated carbocycles. The van der Waals surface area contributed by atoms with E-state index in [-0.39, 0.29) is 10.8 Å². The van der Waals surface area contributed by atoms with Crippen LogP contribution in [0.1, 0.15) is 6.42 Å². The number of hydrogen-bond donors (Lipinski definition) is 1. The summed E-state index contributed by atoms with van der Waals surface area (Å²) in [6.45, 7) is 0.906. The number of ether oxygens (including phenoxy) is 1. The van der Waals surface area contributed by atoms with Crippen molar-refractivity contribution in [2.75, 3.05) is 13.2 Å². The highest BCUT2D eigenvalue weighted by Gasteiger charge is 2.06. The Balaban J connectivity index is 2.64. The van der Waals surface area contributed by atoms with Crippen molar-refractivity contribution in [1.82, 2.24) is 0 Å². The Kier molecular flexibility index (Phi) is 3.99. The van der Waals surface area contributed by atoms with E-state index in [1.165, 1.54) is 12.1 Å². The summed E-state index contributed by atoms with van der Waals surface area (Å²) in [5, 5.41) is 0.289. The van der Waals surface area contributed by atoms with Crippen LogP contribution < -0.4 is 10.5 Å². The largest absolute Gasteiger partial charge is 0.489 e. The van der Waals surface area contributed by atoms with Gasteiger partial charge in [-0.2, -0.15) is 0 Å². The van der Waals surface area contributed by atoms with Crippen LogP contribution in [0.2, 0.25) is 5.02 Å². The van der Waals surface area contributed by atoms with Gasteiger partial charge in [-0.1, -0.05) is 17.7 Å². The van der Waals surface area contributed by atoms with E-state index in [9.17, 15) is 4.39 Å². The highest BCUT2D eigenvalue weighted by Crippen LogP contribution is 2.27. The molecule has 0 heterocycles. The van der Waals surface area contributed by atoms with Crippen LogP contribution in [-0.2, 0) is 0 Å². The molecule has 4 heteroatoms. The third-order valence-corrected chi connectivity index (χ3v) is 1.81. The van der Waals surface area contributed by atoms with E-state index >= 15 is 0 Å². The Labute approximate surface area is 81.4 Å². The van der Waals surface area contributed by atoms with Gasteiger partial charge in [-0.3, -0.25) is 0 Å². The Hall–Kier alpha value is -0.800. The summed E-state index contributed by atoms with van der Waals surface area (Å²) < 4.78 is 18.2. The maximum absolute atomic E-state index is 13.0. The van der Waals surface area contributed by atoms with E-state index in [1.54, 1.807) is 6.07 Å². The number of rotatable bonds is 4. The second-order valence-electron chi connectivity index (χ2n) is 2.54. The molecular weight excluding hydrogens is 193 g/mol. The lowest BCUT2D eigenvalue weighted by atomic mass is 10.3. The maximum Gasteiger partial charge on any atom is 0.173 e. The SMILES string of the molecule is NCCCOc1c(F)cccc1Cl. The van der Waals surface area contributed by atoms with Crippen LogP contribution in [0, 0.1) is 5.82 Å². The van der Waals surface area contributed by atoms with Crippen molar-refractivity contribution in [3.05, 3.63) is 29.0 Å². The first-order chi connectivity index (χ1) is 6.25. The van der Waals surface area contributed by atoms with Crippen LogP contribution >= 0.6 is 11.6 Å². The van der Waals surface area contributed by atoms with Gasteiger partial charge in [0.25, 0.3) is 0 Å². The number of halogens is 2. The van der Waals surface area contributed by atoms with E-state index in [4.69, 9.17) is 22.1 Å². The molecule has 0 unspecified atom stereocenters. The van der Waals surface area contributed by atoms with Crippen LogP contribution in [0.5, 0.6) is 5.75 Å². The van der Waals surface area contributed by atoms with Gasteiger partial charge in [0.1, 0.15) is 0 Å². The molecule has 2 N–H and O–H groups in total. The Morgan fingerprint density at radius 2 is 2.23 bits per heavy atom. The van der Waals surface area contributed by atoms with E-state index in [0.29, 0.717) is 19.6 Å². The van der Waals surface area contributed by atoms with Crippen molar-refractivity contribution >= 4 is 11.6 Å². The molecule has 0 atom stereocenters. The third-order valence-electron chi connectivity index (χ3n) is 1.51. The fraction of sp³-hybridized carbons (Fsp3) is 0.333. The lowest BCUT2D eigenvalue weighted by molar-refractivity contribution is 0.298. The highest BCUT2D eigenvalue weighted by atomic mass is 35.5. The number of hydrogen-bond acceptors (Lipinski definition) is 2. The lowest BCUT2D eigenvalue weighted by Gasteiger charge is -2.07. The lowest BCUT2D eigenvalue weighted by Crippen LogP contribution is -2.07. The molecule has 0 radical (unpaired) electrons. The fourth-order valence-electron chi connectivity index (χ4n) is 0.878. The predicted octanol–water partition coefficient (Wildman–Crippen LogP) is 2.21. The van der Waals surface area contributed by atoms with Crippen LogP contribution in [0.15, 0.2) is 18.2 Å². The van der Waals surface area contributed by atoms with Crippen molar-refractivity contribution in [3.8, 4) is 5.75 Å². The van der Waals surface area contributed by atoms with Crippen molar-refractivity contribution in [2.24, 2.45) is 5.73 Å². The maximum atomic E-state index is 13.0. The topological polar surface area (TPSA) is 35.2 Å². The monoisotopic (exact) mass is 203 g/mol. The van der Waals surface area contributed by atoms with Crippen LogP contribution in [0.4, 0.5) is 4.39 Å². The molecule has 0 bridgehead atoms. The minimum absolute atomic E-state index is 0.109. The molecule has 0 amide bonds. The van der Waals surface area contributed by atoms with E-state index in [2.05, 4.69) is 0 Å². The first-order valence-electron chi connectivity index (χ1n) is 4.02. The van der Waals surface area contributed by atoms with Gasteiger partial charge >= 0.3 is 0 Å². The molecule has 2 nitrogen and oxygen atoms in total. The van der Waals surface area contributed by atoms with E-state index in [1.807, 2.05) is 0 Å². The fourth-order valence-corrected chi connectivity index (χ4v) is 1.10. The minimum atomic E-state index is -0.440. The van der Waals surface area contributed by atoms with Gasteiger partial charge in [0.15, 0.2) is 11.6 Å². The van der Waals surface area contributed by atoms with Gasteiger partial charge in [-0.15, -0.1) is 0 Å². The third kappa shape index (κ3) is 2.86. The molecule has 1 rings (SSSR count). The highest BCUT2D eigenvalue weighted by molar-refractivity contribution is 6.32. The molecule has 13 heavy (non-hydrogen) atoms. The van der Waals surface area contributed by atoms with Crippen molar-refractivity contribution in [2.45, 2.75) is 6.42 Å². The summed E-state index contributed by atoms with van der Waals surface area (Å²) >= 11 is 5.71. The molecule has 0 saturated heterocycles. The van der Waals surface area contributed by atoms with Crippen LogP contribution in [0.3, 0.4) is 0 Å². The van der Waals surface area contributed by atoms with Crippen molar-refractivity contribution in [3.63, 3.8) is 0 Å². The van der Waals surface area contributed by atoms with E-state index in [0.717, 1.165) is 0 Å². The van der Waals surface area contributed by atoms with Crippen LogP contribution in [-0.4, -0.2) is 13.2 Å². The standard InChI is InChI=1S/C9H11ClFNO/c10-7-3-1-4-8(11)9(7)13-6-2-5-12/h1,3-4H,2,5-6,12H2. The molecular formula is C9H11ClFNO. The van der Waals surface area contributed by atoms with Gasteiger partial charge in [0.05, 0.1) is 11.6 Å². The zero-order valence-electron chi connectivity index (χ0n) is 7.09. The summed E-state index contributed by atoms with van der Waals surface area (Å²) in [5.74, 6) is -0.331. The first kappa shape index (κ1) is 10.3. The Morgan fingerprint density at radius 3 is 2.85 bits per heavy atom. The molecule has 1 aromatic carbocycles. The molecule has 0 aromatic heterocycles. The number of nitrogens with two attached hydrogens (primary N) is 1. The normalized spacial score (nSPS) is 10.1. The molecule has 0 aliphatic heterocycles. The molecule has 0 spiro atoms. The first-order valence-corrected chi connectivity index (χ1v) is 4.40. The van der Waals surface area contributed by atoms with E-state index < -0.39 is 5.82 Å². The van der Waals surface area contributed by atoms with Gasteiger partial charge in [-0.05, 0) is 25.1 Å². The van der Waals surface area contributed by atoms with Crippen molar-refractivity contribution < 1.29 is 9.13 Å². The smallest absolute Gasteiger partial charge is 0.173 e. The number of para-hydroxylation sites is 1.